The zero-order valence-electron chi connectivity index (χ0n) is 12.1. The van der Waals surface area contributed by atoms with E-state index in [1.807, 2.05) is 25.1 Å². The quantitative estimate of drug-likeness (QED) is 0.902. The van der Waals surface area contributed by atoms with Crippen molar-refractivity contribution in [3.8, 4) is 0 Å². The highest BCUT2D eigenvalue weighted by Crippen LogP contribution is 2.36. The predicted molar refractivity (Wildman–Crippen MR) is 84.5 cm³/mol. The van der Waals surface area contributed by atoms with Crippen LogP contribution >= 0.6 is 11.8 Å². The average Bonchev–Trinajstić information content (AvgIpc) is 2.93. The summed E-state index contributed by atoms with van der Waals surface area (Å²) in [4.78, 5) is 24.8. The summed E-state index contributed by atoms with van der Waals surface area (Å²) in [5.74, 6) is 0.102. The van der Waals surface area contributed by atoms with E-state index in [4.69, 9.17) is 0 Å². The molecule has 0 spiro atoms. The minimum absolute atomic E-state index is 0.0278. The summed E-state index contributed by atoms with van der Waals surface area (Å²) in [6.45, 7) is 1.89. The van der Waals surface area contributed by atoms with E-state index in [9.17, 15) is 9.59 Å². The highest BCUT2D eigenvalue weighted by molar-refractivity contribution is 8.00. The Bertz CT molecular complexity index is 567. The molecule has 0 aromatic heterocycles. The Kier molecular flexibility index (Phi) is 4.19. The Morgan fingerprint density at radius 2 is 2.14 bits per heavy atom. The van der Waals surface area contributed by atoms with Gasteiger partial charge in [0.1, 0.15) is 0 Å². The number of carbonyl (C=O) groups excluding carboxylic acids is 2. The number of hydrogen-bond acceptors (Lipinski definition) is 3. The maximum Gasteiger partial charge on any atom is 0.237 e. The van der Waals surface area contributed by atoms with E-state index < -0.39 is 0 Å². The Hall–Kier alpha value is -1.49. The van der Waals surface area contributed by atoms with Gasteiger partial charge in [-0.1, -0.05) is 18.9 Å². The number of anilines is 1. The largest absolute Gasteiger partial charge is 0.353 e. The molecule has 5 heteroatoms. The maximum atomic E-state index is 12.0. The Labute approximate surface area is 129 Å². The molecule has 1 aliphatic carbocycles. The monoisotopic (exact) mass is 304 g/mol. The standard InChI is InChI=1S/C16H20N2O2S/c1-10-16(20)18-13-8-11(6-7-14(13)21-10)9-15(19)17-12-4-2-3-5-12/h6-8,10,12H,2-5,9H2,1H3,(H,17,19)(H,18,20). The molecule has 1 saturated carbocycles. The van der Waals surface area contributed by atoms with E-state index in [2.05, 4.69) is 10.6 Å². The number of fused-ring (bicyclic) bond motifs is 1. The van der Waals surface area contributed by atoms with E-state index in [0.717, 1.165) is 29.0 Å². The van der Waals surface area contributed by atoms with Crippen LogP contribution in [0, 0.1) is 0 Å². The van der Waals surface area contributed by atoms with Crippen LogP contribution in [0.4, 0.5) is 5.69 Å². The molecule has 0 saturated heterocycles. The SMILES string of the molecule is CC1Sc2ccc(CC(=O)NC3CCCC3)cc2NC1=O. The van der Waals surface area contributed by atoms with Crippen molar-refractivity contribution < 1.29 is 9.59 Å². The van der Waals surface area contributed by atoms with E-state index in [-0.39, 0.29) is 17.1 Å². The fourth-order valence-corrected chi connectivity index (χ4v) is 3.83. The smallest absolute Gasteiger partial charge is 0.237 e. The molecular weight excluding hydrogens is 284 g/mol. The number of carbonyl (C=O) groups is 2. The van der Waals surface area contributed by atoms with Crippen LogP contribution in [-0.4, -0.2) is 23.1 Å². The van der Waals surface area contributed by atoms with Gasteiger partial charge in [-0.05, 0) is 37.5 Å². The van der Waals surface area contributed by atoms with Gasteiger partial charge in [0.05, 0.1) is 17.4 Å². The molecule has 1 fully saturated rings. The summed E-state index contributed by atoms with van der Waals surface area (Å²) < 4.78 is 0. The lowest BCUT2D eigenvalue weighted by Gasteiger charge is -2.22. The van der Waals surface area contributed by atoms with Crippen LogP contribution in [0.2, 0.25) is 0 Å². The molecule has 2 aliphatic rings. The van der Waals surface area contributed by atoms with Crippen molar-refractivity contribution in [2.45, 2.75) is 55.2 Å². The fraction of sp³-hybridized carbons (Fsp3) is 0.500. The van der Waals surface area contributed by atoms with Gasteiger partial charge in [-0.2, -0.15) is 0 Å². The highest BCUT2D eigenvalue weighted by atomic mass is 32.2. The van der Waals surface area contributed by atoms with E-state index in [1.165, 1.54) is 12.8 Å². The molecule has 0 bridgehead atoms. The third kappa shape index (κ3) is 3.40. The summed E-state index contributed by atoms with van der Waals surface area (Å²) in [6, 6.07) is 6.24. The molecule has 1 aliphatic heterocycles. The van der Waals surface area contributed by atoms with Crippen LogP contribution in [0.15, 0.2) is 23.1 Å². The van der Waals surface area contributed by atoms with E-state index in [1.54, 1.807) is 11.8 Å². The number of rotatable bonds is 3. The highest BCUT2D eigenvalue weighted by Gasteiger charge is 2.23. The first-order valence-electron chi connectivity index (χ1n) is 7.51. The molecule has 21 heavy (non-hydrogen) atoms. The van der Waals surface area contributed by atoms with Crippen LogP contribution in [-0.2, 0) is 16.0 Å². The van der Waals surface area contributed by atoms with Gasteiger partial charge in [0, 0.05) is 10.9 Å². The lowest BCUT2D eigenvalue weighted by Crippen LogP contribution is -2.33. The van der Waals surface area contributed by atoms with Crippen LogP contribution in [0.5, 0.6) is 0 Å². The van der Waals surface area contributed by atoms with Crippen molar-refractivity contribution in [3.63, 3.8) is 0 Å². The number of hydrogen-bond donors (Lipinski definition) is 2. The number of nitrogens with one attached hydrogen (secondary N) is 2. The Morgan fingerprint density at radius 3 is 2.90 bits per heavy atom. The second kappa shape index (κ2) is 6.10. The molecule has 2 amide bonds. The first kappa shape index (κ1) is 14.4. The van der Waals surface area contributed by atoms with Crippen molar-refractivity contribution in [3.05, 3.63) is 23.8 Å². The fourth-order valence-electron chi connectivity index (χ4n) is 2.90. The summed E-state index contributed by atoms with van der Waals surface area (Å²) in [5.41, 5.74) is 1.77. The predicted octanol–water partition coefficient (Wildman–Crippen LogP) is 2.72. The lowest BCUT2D eigenvalue weighted by atomic mass is 10.1. The summed E-state index contributed by atoms with van der Waals surface area (Å²) in [7, 11) is 0. The lowest BCUT2D eigenvalue weighted by molar-refractivity contribution is -0.121. The molecule has 1 atom stereocenters. The molecule has 1 unspecified atom stereocenters. The van der Waals surface area contributed by atoms with Crippen LogP contribution in [0.1, 0.15) is 38.2 Å². The summed E-state index contributed by atoms with van der Waals surface area (Å²) in [5, 5.41) is 5.94. The van der Waals surface area contributed by atoms with Crippen LogP contribution in [0.25, 0.3) is 0 Å². The van der Waals surface area contributed by atoms with Gasteiger partial charge in [-0.15, -0.1) is 11.8 Å². The third-order valence-electron chi connectivity index (χ3n) is 4.06. The van der Waals surface area contributed by atoms with Gasteiger partial charge >= 0.3 is 0 Å². The minimum atomic E-state index is -0.0611. The molecule has 1 aromatic rings. The zero-order chi connectivity index (χ0) is 14.8. The molecule has 1 aromatic carbocycles. The molecule has 4 nitrogen and oxygen atoms in total. The Balaban J connectivity index is 1.65. The van der Waals surface area contributed by atoms with Crippen molar-refractivity contribution in [1.82, 2.24) is 5.32 Å². The van der Waals surface area contributed by atoms with Gasteiger partial charge in [0.15, 0.2) is 0 Å². The van der Waals surface area contributed by atoms with Gasteiger partial charge in [0.25, 0.3) is 0 Å². The first-order valence-corrected chi connectivity index (χ1v) is 8.39. The zero-order valence-corrected chi connectivity index (χ0v) is 13.0. The van der Waals surface area contributed by atoms with Crippen molar-refractivity contribution in [2.24, 2.45) is 0 Å². The van der Waals surface area contributed by atoms with Gasteiger partial charge < -0.3 is 10.6 Å². The molecular formula is C16H20N2O2S. The van der Waals surface area contributed by atoms with Crippen molar-refractivity contribution >= 4 is 29.3 Å². The summed E-state index contributed by atoms with van der Waals surface area (Å²) in [6.07, 6.45) is 5.00. The Morgan fingerprint density at radius 1 is 1.38 bits per heavy atom. The molecule has 0 radical (unpaired) electrons. The normalized spacial score (nSPS) is 21.8. The van der Waals surface area contributed by atoms with E-state index >= 15 is 0 Å². The molecule has 1 heterocycles. The molecule has 112 valence electrons. The maximum absolute atomic E-state index is 12.0. The van der Waals surface area contributed by atoms with Crippen molar-refractivity contribution in [1.29, 1.82) is 0 Å². The second-order valence-corrected chi connectivity index (χ2v) is 7.19. The van der Waals surface area contributed by atoms with Crippen molar-refractivity contribution in [2.75, 3.05) is 5.32 Å². The molecule has 3 rings (SSSR count). The number of benzene rings is 1. The topological polar surface area (TPSA) is 58.2 Å². The molecule has 2 N–H and O–H groups in total. The van der Waals surface area contributed by atoms with Crippen LogP contribution in [0.3, 0.4) is 0 Å². The average molecular weight is 304 g/mol. The van der Waals surface area contributed by atoms with Crippen LogP contribution < -0.4 is 10.6 Å². The number of thioether (sulfide) groups is 1. The second-order valence-electron chi connectivity index (χ2n) is 5.81. The van der Waals surface area contributed by atoms with E-state index in [0.29, 0.717) is 12.5 Å². The van der Waals surface area contributed by atoms with Gasteiger partial charge in [0.2, 0.25) is 11.8 Å². The first-order chi connectivity index (χ1) is 10.1. The third-order valence-corrected chi connectivity index (χ3v) is 5.24. The minimum Gasteiger partial charge on any atom is -0.353 e. The van der Waals surface area contributed by atoms with Gasteiger partial charge in [-0.3, -0.25) is 9.59 Å². The summed E-state index contributed by atoms with van der Waals surface area (Å²) >= 11 is 1.56. The van der Waals surface area contributed by atoms with Gasteiger partial charge in [-0.25, -0.2) is 0 Å². The number of amides is 2.